The predicted octanol–water partition coefficient (Wildman–Crippen LogP) is 2.50. The highest BCUT2D eigenvalue weighted by molar-refractivity contribution is 8.13. The second-order valence-corrected chi connectivity index (χ2v) is 7.26. The summed E-state index contributed by atoms with van der Waals surface area (Å²) in [6, 6.07) is 4.15. The van der Waals surface area contributed by atoms with Crippen LogP contribution in [0.4, 0.5) is 0 Å². The zero-order chi connectivity index (χ0) is 13.5. The van der Waals surface area contributed by atoms with E-state index in [1.165, 1.54) is 18.2 Å². The summed E-state index contributed by atoms with van der Waals surface area (Å²) in [5.41, 5.74) is 0.233. The van der Waals surface area contributed by atoms with Crippen molar-refractivity contribution in [3.8, 4) is 0 Å². The number of amides is 1. The Morgan fingerprint density at radius 3 is 2.44 bits per heavy atom. The lowest BCUT2D eigenvalue weighted by atomic mass is 10.2. The number of carbonyl (C=O) groups excluding carboxylic acids is 1. The van der Waals surface area contributed by atoms with Crippen molar-refractivity contribution in [2.24, 2.45) is 0 Å². The average molecular weight is 308 g/mol. The molecule has 0 spiro atoms. The first kappa shape index (κ1) is 13.6. The van der Waals surface area contributed by atoms with Crippen LogP contribution in [0.5, 0.6) is 0 Å². The number of hydrogen-bond acceptors (Lipinski definition) is 3. The van der Waals surface area contributed by atoms with Crippen molar-refractivity contribution >= 4 is 37.2 Å². The molecule has 1 aliphatic carbocycles. The molecule has 4 nitrogen and oxygen atoms in total. The molecule has 0 atom stereocenters. The second-order valence-electron chi connectivity index (χ2n) is 4.26. The lowest BCUT2D eigenvalue weighted by Crippen LogP contribution is -2.28. The predicted molar refractivity (Wildman–Crippen MR) is 69.6 cm³/mol. The fourth-order valence-corrected chi connectivity index (χ4v) is 2.76. The van der Waals surface area contributed by atoms with E-state index in [1.807, 2.05) is 0 Å². The van der Waals surface area contributed by atoms with Crippen molar-refractivity contribution in [3.05, 3.63) is 28.8 Å². The van der Waals surface area contributed by atoms with Gasteiger partial charge in [0.25, 0.3) is 15.0 Å². The highest BCUT2D eigenvalue weighted by Crippen LogP contribution is 2.28. The maximum absolute atomic E-state index is 12.1. The molecule has 0 heterocycles. The van der Waals surface area contributed by atoms with Gasteiger partial charge in [-0.25, -0.2) is 8.42 Å². The van der Waals surface area contributed by atoms with Crippen LogP contribution in [0.25, 0.3) is 0 Å². The Bertz CT molecular complexity index is 596. The van der Waals surface area contributed by atoms with Crippen LogP contribution in [0.15, 0.2) is 23.1 Å². The first-order valence-electron chi connectivity index (χ1n) is 5.31. The van der Waals surface area contributed by atoms with Crippen LogP contribution < -0.4 is 0 Å². The minimum Gasteiger partial charge on any atom is -0.339 e. The lowest BCUT2D eigenvalue weighted by Gasteiger charge is -2.16. The molecule has 0 saturated heterocycles. The van der Waals surface area contributed by atoms with E-state index in [0.717, 1.165) is 12.8 Å². The van der Waals surface area contributed by atoms with Crippen LogP contribution >= 0.6 is 22.3 Å². The molecule has 1 aromatic carbocycles. The normalized spacial score (nSPS) is 15.5. The molecule has 1 fully saturated rings. The van der Waals surface area contributed by atoms with Crippen molar-refractivity contribution in [3.63, 3.8) is 0 Å². The van der Waals surface area contributed by atoms with Gasteiger partial charge in [-0.1, -0.05) is 11.6 Å². The molecule has 0 N–H and O–H groups in total. The Morgan fingerprint density at radius 1 is 1.33 bits per heavy atom. The topological polar surface area (TPSA) is 54.5 Å². The van der Waals surface area contributed by atoms with Crippen LogP contribution in [-0.4, -0.2) is 32.3 Å². The molecule has 0 unspecified atom stereocenters. The van der Waals surface area contributed by atoms with Gasteiger partial charge in [0.2, 0.25) is 0 Å². The molecule has 0 aromatic heterocycles. The van der Waals surface area contributed by atoms with Gasteiger partial charge in [-0.05, 0) is 31.0 Å². The molecule has 1 saturated carbocycles. The van der Waals surface area contributed by atoms with Crippen molar-refractivity contribution in [2.45, 2.75) is 23.8 Å². The minimum absolute atomic E-state index is 0.163. The first-order chi connectivity index (χ1) is 8.29. The Morgan fingerprint density at radius 2 is 1.94 bits per heavy atom. The summed E-state index contributed by atoms with van der Waals surface area (Å²) < 4.78 is 22.5. The molecule has 0 aliphatic heterocycles. The summed E-state index contributed by atoms with van der Waals surface area (Å²) in [7, 11) is 3.05. The van der Waals surface area contributed by atoms with Gasteiger partial charge in [-0.3, -0.25) is 4.79 Å². The first-order valence-corrected chi connectivity index (χ1v) is 8.00. The van der Waals surface area contributed by atoms with Crippen LogP contribution in [0.1, 0.15) is 23.2 Å². The Hall–Kier alpha value is -0.780. The van der Waals surface area contributed by atoms with Gasteiger partial charge >= 0.3 is 0 Å². The van der Waals surface area contributed by atoms with E-state index in [-0.39, 0.29) is 27.4 Å². The third kappa shape index (κ3) is 2.96. The smallest absolute Gasteiger partial charge is 0.261 e. The molecular formula is C11H11Cl2NO3S. The Labute approximate surface area is 115 Å². The molecule has 1 aliphatic rings. The number of halogens is 2. The standard InChI is InChI=1S/C11H11Cl2NO3S/c1-14(9-2-3-9)11(15)7-4-8(12)6-10(5-7)18(13,16)17/h4-6,9H,2-3H2,1H3. The van der Waals surface area contributed by atoms with Gasteiger partial charge in [0.15, 0.2) is 0 Å². The lowest BCUT2D eigenvalue weighted by molar-refractivity contribution is 0.0785. The fraction of sp³-hybridized carbons (Fsp3) is 0.364. The molecule has 18 heavy (non-hydrogen) atoms. The Balaban J connectivity index is 2.39. The summed E-state index contributed by atoms with van der Waals surface area (Å²) in [4.78, 5) is 13.5. The van der Waals surface area contributed by atoms with E-state index in [9.17, 15) is 13.2 Å². The molecule has 2 rings (SSSR count). The average Bonchev–Trinajstić information content (AvgIpc) is 3.08. The maximum atomic E-state index is 12.1. The number of hydrogen-bond donors (Lipinski definition) is 0. The molecule has 1 amide bonds. The van der Waals surface area contributed by atoms with Gasteiger partial charge in [-0.15, -0.1) is 0 Å². The van der Waals surface area contributed by atoms with Crippen LogP contribution in [-0.2, 0) is 9.05 Å². The summed E-state index contributed by atoms with van der Waals surface area (Å²) in [6.07, 6.45) is 1.95. The van der Waals surface area contributed by atoms with E-state index < -0.39 is 9.05 Å². The zero-order valence-electron chi connectivity index (χ0n) is 9.56. The van der Waals surface area contributed by atoms with E-state index in [4.69, 9.17) is 22.3 Å². The summed E-state index contributed by atoms with van der Waals surface area (Å²) in [5.74, 6) is -0.249. The van der Waals surface area contributed by atoms with E-state index in [1.54, 1.807) is 11.9 Å². The highest BCUT2D eigenvalue weighted by atomic mass is 35.7. The summed E-state index contributed by atoms with van der Waals surface area (Å²) in [6.45, 7) is 0. The van der Waals surface area contributed by atoms with Crippen molar-refractivity contribution < 1.29 is 13.2 Å². The molecule has 98 valence electrons. The van der Waals surface area contributed by atoms with E-state index in [0.29, 0.717) is 0 Å². The van der Waals surface area contributed by atoms with E-state index >= 15 is 0 Å². The third-order valence-corrected chi connectivity index (χ3v) is 4.37. The summed E-state index contributed by atoms with van der Waals surface area (Å²) in [5, 5.41) is 0.171. The Kier molecular flexibility index (Phi) is 3.58. The van der Waals surface area contributed by atoms with Gasteiger partial charge in [0.1, 0.15) is 0 Å². The van der Waals surface area contributed by atoms with Crippen molar-refractivity contribution in [1.29, 1.82) is 0 Å². The third-order valence-electron chi connectivity index (χ3n) is 2.81. The summed E-state index contributed by atoms with van der Waals surface area (Å²) >= 11 is 5.81. The number of nitrogens with zero attached hydrogens (tertiary/aromatic N) is 1. The van der Waals surface area contributed by atoms with E-state index in [2.05, 4.69) is 0 Å². The quantitative estimate of drug-likeness (QED) is 0.806. The van der Waals surface area contributed by atoms with Gasteiger partial charge < -0.3 is 4.90 Å². The molecule has 0 radical (unpaired) electrons. The highest BCUT2D eigenvalue weighted by Gasteiger charge is 2.30. The van der Waals surface area contributed by atoms with Crippen LogP contribution in [0.2, 0.25) is 5.02 Å². The van der Waals surface area contributed by atoms with Crippen LogP contribution in [0, 0.1) is 0 Å². The van der Waals surface area contributed by atoms with Crippen LogP contribution in [0.3, 0.4) is 0 Å². The number of benzene rings is 1. The van der Waals surface area contributed by atoms with Crippen molar-refractivity contribution in [1.82, 2.24) is 4.90 Å². The van der Waals surface area contributed by atoms with Gasteiger partial charge in [0, 0.05) is 34.4 Å². The number of carbonyl (C=O) groups is 1. The van der Waals surface area contributed by atoms with Gasteiger partial charge in [-0.2, -0.15) is 0 Å². The maximum Gasteiger partial charge on any atom is 0.261 e. The molecule has 7 heteroatoms. The molecule has 0 bridgehead atoms. The van der Waals surface area contributed by atoms with Crippen molar-refractivity contribution in [2.75, 3.05) is 7.05 Å². The molecule has 1 aromatic rings. The fourth-order valence-electron chi connectivity index (χ4n) is 1.66. The zero-order valence-corrected chi connectivity index (χ0v) is 11.9. The SMILES string of the molecule is CN(C(=O)c1cc(Cl)cc(S(=O)(=O)Cl)c1)C1CC1. The second kappa shape index (κ2) is 4.72. The largest absolute Gasteiger partial charge is 0.339 e. The minimum atomic E-state index is -3.89. The molecular weight excluding hydrogens is 297 g/mol. The van der Waals surface area contributed by atoms with Gasteiger partial charge in [0.05, 0.1) is 4.90 Å². The number of rotatable bonds is 3. The monoisotopic (exact) mass is 307 g/mol.